The molecule has 0 spiro atoms. The number of aromatic nitrogens is 4. The van der Waals surface area contributed by atoms with Crippen molar-refractivity contribution in [3.8, 4) is 0 Å². The smallest absolute Gasteiger partial charge is 0.142 e. The van der Waals surface area contributed by atoms with Crippen molar-refractivity contribution in [3.63, 3.8) is 0 Å². The first-order chi connectivity index (χ1) is 23.3. The number of nitrogens with zero attached hydrogens (tertiary/aromatic N) is 3. The minimum atomic E-state index is -0.210. The van der Waals surface area contributed by atoms with E-state index in [0.29, 0.717) is 0 Å². The third-order valence-corrected chi connectivity index (χ3v) is 11.4. The SMILES string of the molecule is CC(C)(C)c1cc2c3ccc4c5cccc6c5n(c5nc(ccc5C6(C)C)c5cccc(n5)c5cc(C(C)(C)C)cc6c(c1)c2[nH]c56)c4c3. The van der Waals surface area contributed by atoms with Gasteiger partial charge >= 0.3 is 0 Å². The average molecular weight is 637 g/mol. The third-order valence-electron chi connectivity index (χ3n) is 11.4. The van der Waals surface area contributed by atoms with E-state index in [1.54, 1.807) is 0 Å². The molecule has 0 amide bonds. The monoisotopic (exact) mass is 636 g/mol. The quantitative estimate of drug-likeness (QED) is 0.180. The molecule has 1 aliphatic rings. The number of benzene rings is 4. The fourth-order valence-corrected chi connectivity index (χ4v) is 8.48. The standard InChI is InChI=1S/C45H40N4/c1-43(2,3)25-20-29-24-15-16-27-28-11-9-12-33-41(28)49(38(27)19-24)42-34(45(33,7)8)17-18-37(47-42)36-14-10-13-35(46-36)32-23-26(44(4,5)6)22-31-30(21-25)39(29)48-40(31)32/h9-23,48H,1-8H3. The molecule has 0 unspecified atom stereocenters. The molecular weight excluding hydrogens is 597 g/mol. The number of fused-ring (bicyclic) bond motifs is 9. The van der Waals surface area contributed by atoms with Crippen molar-refractivity contribution in [2.24, 2.45) is 0 Å². The summed E-state index contributed by atoms with van der Waals surface area (Å²) < 4.78 is 2.43. The molecule has 4 nitrogen and oxygen atoms in total. The van der Waals surface area contributed by atoms with Crippen molar-refractivity contribution in [2.45, 2.75) is 71.6 Å². The van der Waals surface area contributed by atoms with E-state index in [2.05, 4.69) is 156 Å². The Morgan fingerprint density at radius 1 is 0.551 bits per heavy atom. The second-order valence-electron chi connectivity index (χ2n) is 16.9. The van der Waals surface area contributed by atoms with Crippen molar-refractivity contribution < 1.29 is 0 Å². The zero-order chi connectivity index (χ0) is 33.8. The first-order valence-electron chi connectivity index (χ1n) is 17.5. The number of nitrogens with one attached hydrogen (secondary N) is 1. The maximum atomic E-state index is 5.50. The zero-order valence-electron chi connectivity index (χ0n) is 29.5. The van der Waals surface area contributed by atoms with E-state index in [1.165, 1.54) is 65.6 Å². The molecule has 240 valence electrons. The van der Waals surface area contributed by atoms with Gasteiger partial charge in [-0.2, -0.15) is 0 Å². The van der Waals surface area contributed by atoms with Gasteiger partial charge in [-0.15, -0.1) is 0 Å². The number of rotatable bonds is 0. The van der Waals surface area contributed by atoms with Gasteiger partial charge < -0.3 is 4.98 Å². The van der Waals surface area contributed by atoms with E-state index in [9.17, 15) is 0 Å². The largest absolute Gasteiger partial charge is 0.353 e. The third kappa shape index (κ3) is 3.80. The summed E-state index contributed by atoms with van der Waals surface area (Å²) in [5, 5.41) is 8.55. The summed E-state index contributed by atoms with van der Waals surface area (Å²) in [5.41, 5.74) is 13.3. The van der Waals surface area contributed by atoms with Crippen LogP contribution in [0.4, 0.5) is 0 Å². The molecule has 8 bridgehead atoms. The molecule has 0 atom stereocenters. The van der Waals surface area contributed by atoms with E-state index < -0.39 is 0 Å². The Bertz CT molecular complexity index is 2970. The molecule has 0 saturated heterocycles. The van der Waals surface area contributed by atoms with Gasteiger partial charge in [-0.25, -0.2) is 9.97 Å². The van der Waals surface area contributed by atoms with Crippen molar-refractivity contribution >= 4 is 82.0 Å². The Kier molecular flexibility index (Phi) is 5.32. The summed E-state index contributed by atoms with van der Waals surface area (Å²) in [6.45, 7) is 18.5. The minimum absolute atomic E-state index is 0.0344. The fourth-order valence-electron chi connectivity index (χ4n) is 8.48. The van der Waals surface area contributed by atoms with Gasteiger partial charge in [0.25, 0.3) is 0 Å². The number of pyridine rings is 2. The zero-order valence-corrected chi connectivity index (χ0v) is 29.5. The number of para-hydroxylation sites is 1. The highest BCUT2D eigenvalue weighted by molar-refractivity contribution is 6.22. The van der Waals surface area contributed by atoms with Gasteiger partial charge in [-0.05, 0) is 81.4 Å². The van der Waals surface area contributed by atoms with Gasteiger partial charge in [0.1, 0.15) is 5.65 Å². The van der Waals surface area contributed by atoms with Crippen molar-refractivity contribution in [2.75, 3.05) is 0 Å². The molecule has 0 aliphatic carbocycles. The summed E-state index contributed by atoms with van der Waals surface area (Å²) in [6.07, 6.45) is 0. The van der Waals surface area contributed by atoms with Gasteiger partial charge in [-0.1, -0.05) is 97.9 Å². The van der Waals surface area contributed by atoms with Crippen LogP contribution in [0.15, 0.2) is 91.0 Å². The van der Waals surface area contributed by atoms with E-state index in [1.807, 2.05) is 0 Å². The summed E-state index contributed by atoms with van der Waals surface area (Å²) in [6, 6.07) is 34.3. The molecule has 10 rings (SSSR count). The van der Waals surface area contributed by atoms with Crippen LogP contribution in [0.3, 0.4) is 0 Å². The maximum absolute atomic E-state index is 5.50. The molecule has 9 aromatic rings. The topological polar surface area (TPSA) is 46.0 Å². The number of aromatic amines is 1. The summed E-state index contributed by atoms with van der Waals surface area (Å²) >= 11 is 0. The molecule has 4 heteroatoms. The van der Waals surface area contributed by atoms with Crippen LogP contribution in [0.1, 0.15) is 77.6 Å². The molecule has 1 aliphatic heterocycles. The Morgan fingerprint density at radius 2 is 1.18 bits per heavy atom. The van der Waals surface area contributed by atoms with Crippen LogP contribution in [-0.2, 0) is 16.2 Å². The van der Waals surface area contributed by atoms with Gasteiger partial charge in [0.05, 0.1) is 38.6 Å². The van der Waals surface area contributed by atoms with Gasteiger partial charge in [0.15, 0.2) is 0 Å². The molecule has 49 heavy (non-hydrogen) atoms. The highest BCUT2D eigenvalue weighted by atomic mass is 15.0. The number of H-pyrrole nitrogens is 1. The molecule has 4 aromatic carbocycles. The van der Waals surface area contributed by atoms with Crippen molar-refractivity contribution in [1.82, 2.24) is 19.4 Å². The van der Waals surface area contributed by atoms with Gasteiger partial charge in [0, 0.05) is 43.3 Å². The molecule has 0 saturated carbocycles. The van der Waals surface area contributed by atoms with Gasteiger partial charge in [0.2, 0.25) is 0 Å². The van der Waals surface area contributed by atoms with Crippen LogP contribution in [-0.4, -0.2) is 19.4 Å². The summed E-state index contributed by atoms with van der Waals surface area (Å²) in [4.78, 5) is 14.8. The van der Waals surface area contributed by atoms with E-state index in [0.717, 1.165) is 38.6 Å². The molecule has 0 radical (unpaired) electrons. The van der Waals surface area contributed by atoms with E-state index in [4.69, 9.17) is 9.97 Å². The fraction of sp³-hybridized carbons (Fsp3) is 0.244. The normalized spacial score (nSPS) is 14.7. The lowest BCUT2D eigenvalue weighted by atomic mass is 9.76. The van der Waals surface area contributed by atoms with Crippen molar-refractivity contribution in [1.29, 1.82) is 0 Å². The Labute approximate surface area is 285 Å². The van der Waals surface area contributed by atoms with Crippen molar-refractivity contribution in [3.05, 3.63) is 113 Å². The van der Waals surface area contributed by atoms with Crippen LogP contribution >= 0.6 is 0 Å². The highest BCUT2D eigenvalue weighted by Crippen LogP contribution is 2.46. The lowest BCUT2D eigenvalue weighted by molar-refractivity contribution is 0.591. The minimum Gasteiger partial charge on any atom is -0.353 e. The lowest BCUT2D eigenvalue weighted by Crippen LogP contribution is -2.24. The highest BCUT2D eigenvalue weighted by Gasteiger charge is 2.33. The molecule has 1 N–H and O–H groups in total. The van der Waals surface area contributed by atoms with Gasteiger partial charge in [-0.3, -0.25) is 4.40 Å². The molecular formula is C45H40N4. The maximum Gasteiger partial charge on any atom is 0.142 e. The van der Waals surface area contributed by atoms with Crippen LogP contribution in [0, 0.1) is 0 Å². The van der Waals surface area contributed by atoms with E-state index >= 15 is 0 Å². The number of hydrogen-bond donors (Lipinski definition) is 1. The lowest BCUT2D eigenvalue weighted by Gasteiger charge is -2.31. The first kappa shape index (κ1) is 28.8. The predicted octanol–water partition coefficient (Wildman–Crippen LogP) is 11.9. The predicted molar refractivity (Wildman–Crippen MR) is 208 cm³/mol. The molecule has 6 heterocycles. The van der Waals surface area contributed by atoms with Crippen LogP contribution in [0.25, 0.3) is 82.0 Å². The Morgan fingerprint density at radius 3 is 1.92 bits per heavy atom. The van der Waals surface area contributed by atoms with E-state index in [-0.39, 0.29) is 16.2 Å². The Balaban J connectivity index is 1.56. The molecule has 0 fully saturated rings. The van der Waals surface area contributed by atoms with Crippen LogP contribution < -0.4 is 0 Å². The second-order valence-corrected chi connectivity index (χ2v) is 16.9. The van der Waals surface area contributed by atoms with Crippen LogP contribution in [0.5, 0.6) is 0 Å². The number of hydrogen-bond acceptors (Lipinski definition) is 2. The average Bonchev–Trinajstić information content (AvgIpc) is 3.61. The summed E-state index contributed by atoms with van der Waals surface area (Å²) in [5.74, 6) is 0. The first-order valence-corrected chi connectivity index (χ1v) is 17.5. The Hall–Kier alpha value is -5.22. The summed E-state index contributed by atoms with van der Waals surface area (Å²) in [7, 11) is 0. The second kappa shape index (κ2) is 9.06. The van der Waals surface area contributed by atoms with Crippen LogP contribution in [0.2, 0.25) is 0 Å². The molecule has 5 aromatic heterocycles.